The van der Waals surface area contributed by atoms with E-state index < -0.39 is 5.97 Å². The molecule has 0 atom stereocenters. The van der Waals surface area contributed by atoms with E-state index in [1.807, 2.05) is 18.2 Å². The van der Waals surface area contributed by atoms with Crippen LogP contribution in [0.5, 0.6) is 0 Å². The number of carboxylic acid groups (broad SMARTS) is 1. The monoisotopic (exact) mass is 257 g/mol. The van der Waals surface area contributed by atoms with Crippen molar-refractivity contribution in [3.63, 3.8) is 0 Å². The van der Waals surface area contributed by atoms with E-state index in [4.69, 9.17) is 9.52 Å². The summed E-state index contributed by atoms with van der Waals surface area (Å²) in [5.41, 5.74) is 2.00. The van der Waals surface area contributed by atoms with Crippen LogP contribution in [0, 0.1) is 0 Å². The number of H-pyrrole nitrogens is 1. The number of nitrogens with one attached hydrogen (secondary N) is 2. The number of rotatable bonds is 4. The highest BCUT2D eigenvalue weighted by Crippen LogP contribution is 2.17. The molecule has 0 aliphatic heterocycles. The van der Waals surface area contributed by atoms with Crippen molar-refractivity contribution in [3.8, 4) is 0 Å². The summed E-state index contributed by atoms with van der Waals surface area (Å²) in [4.78, 5) is 10.7. The predicted molar refractivity (Wildman–Crippen MR) is 69.1 cm³/mol. The topological polar surface area (TPSA) is 91.2 Å². The van der Waals surface area contributed by atoms with Crippen molar-refractivity contribution in [1.82, 2.24) is 10.2 Å². The predicted octanol–water partition coefficient (Wildman–Crippen LogP) is 2.47. The third kappa shape index (κ3) is 2.28. The number of carbonyl (C=O) groups is 1. The van der Waals surface area contributed by atoms with E-state index in [-0.39, 0.29) is 5.56 Å². The number of benzene rings is 1. The molecule has 6 nitrogen and oxygen atoms in total. The molecule has 0 aliphatic carbocycles. The lowest BCUT2D eigenvalue weighted by Gasteiger charge is -2.03. The van der Waals surface area contributed by atoms with Gasteiger partial charge >= 0.3 is 5.97 Å². The van der Waals surface area contributed by atoms with E-state index in [9.17, 15) is 4.79 Å². The van der Waals surface area contributed by atoms with Gasteiger partial charge in [0.15, 0.2) is 0 Å². The van der Waals surface area contributed by atoms with Crippen molar-refractivity contribution < 1.29 is 14.3 Å². The minimum atomic E-state index is -0.992. The van der Waals surface area contributed by atoms with Crippen LogP contribution in [0.2, 0.25) is 0 Å². The maximum atomic E-state index is 10.7. The first-order chi connectivity index (χ1) is 9.22. The van der Waals surface area contributed by atoms with Gasteiger partial charge in [-0.3, -0.25) is 5.10 Å². The molecule has 0 bridgehead atoms. The molecule has 0 amide bonds. The average molecular weight is 257 g/mol. The second-order valence-corrected chi connectivity index (χ2v) is 4.13. The van der Waals surface area contributed by atoms with E-state index in [1.54, 1.807) is 6.20 Å². The van der Waals surface area contributed by atoms with Gasteiger partial charge in [-0.05, 0) is 24.3 Å². The van der Waals surface area contributed by atoms with Crippen LogP contribution in [-0.2, 0) is 6.54 Å². The summed E-state index contributed by atoms with van der Waals surface area (Å²) < 4.78 is 5.16. The van der Waals surface area contributed by atoms with Gasteiger partial charge in [0, 0.05) is 11.1 Å². The number of nitrogens with zero attached hydrogens (tertiary/aromatic N) is 1. The molecule has 1 aromatic carbocycles. The quantitative estimate of drug-likeness (QED) is 0.667. The summed E-state index contributed by atoms with van der Waals surface area (Å²) in [6.07, 6.45) is 2.99. The van der Waals surface area contributed by atoms with Crippen molar-refractivity contribution in [3.05, 3.63) is 48.0 Å². The minimum absolute atomic E-state index is 0.154. The van der Waals surface area contributed by atoms with Crippen LogP contribution >= 0.6 is 0 Å². The molecule has 2 aromatic heterocycles. The first-order valence-electron chi connectivity index (χ1n) is 5.70. The molecule has 96 valence electrons. The number of aromatic nitrogens is 2. The zero-order valence-corrected chi connectivity index (χ0v) is 9.88. The molecular weight excluding hydrogens is 246 g/mol. The molecule has 6 heteroatoms. The Morgan fingerprint density at radius 2 is 2.32 bits per heavy atom. The third-order valence-corrected chi connectivity index (χ3v) is 2.81. The van der Waals surface area contributed by atoms with Gasteiger partial charge in [-0.2, -0.15) is 5.10 Å². The van der Waals surface area contributed by atoms with Crippen LogP contribution in [0.25, 0.3) is 10.9 Å². The number of aromatic carboxylic acids is 1. The van der Waals surface area contributed by atoms with Crippen molar-refractivity contribution >= 4 is 22.6 Å². The van der Waals surface area contributed by atoms with Crippen LogP contribution in [0.15, 0.2) is 41.1 Å². The van der Waals surface area contributed by atoms with Gasteiger partial charge < -0.3 is 14.8 Å². The molecule has 0 radical (unpaired) electrons. The molecule has 2 heterocycles. The lowest BCUT2D eigenvalue weighted by molar-refractivity contribution is 0.0696. The fourth-order valence-corrected chi connectivity index (χ4v) is 1.82. The normalized spacial score (nSPS) is 10.7. The summed E-state index contributed by atoms with van der Waals surface area (Å²) in [7, 11) is 0. The summed E-state index contributed by atoms with van der Waals surface area (Å²) >= 11 is 0. The van der Waals surface area contributed by atoms with E-state index in [0.29, 0.717) is 12.3 Å². The van der Waals surface area contributed by atoms with Crippen LogP contribution in [0.3, 0.4) is 0 Å². The van der Waals surface area contributed by atoms with E-state index in [2.05, 4.69) is 15.5 Å². The number of hydrogen-bond donors (Lipinski definition) is 3. The Morgan fingerprint density at radius 1 is 1.42 bits per heavy atom. The molecule has 0 spiro atoms. The lowest BCUT2D eigenvalue weighted by Crippen LogP contribution is -1.98. The van der Waals surface area contributed by atoms with Crippen LogP contribution in [0.4, 0.5) is 5.69 Å². The number of furan rings is 1. The largest absolute Gasteiger partial charge is 0.478 e. The minimum Gasteiger partial charge on any atom is -0.478 e. The zero-order valence-electron chi connectivity index (χ0n) is 9.88. The summed E-state index contributed by atoms with van der Waals surface area (Å²) in [6.45, 7) is 0.424. The number of anilines is 1. The Kier molecular flexibility index (Phi) is 2.68. The second kappa shape index (κ2) is 4.49. The number of carboxylic acids is 1. The van der Waals surface area contributed by atoms with E-state index in [0.717, 1.165) is 16.6 Å². The first-order valence-corrected chi connectivity index (χ1v) is 5.70. The Bertz CT molecular complexity index is 729. The maximum absolute atomic E-state index is 10.7. The molecule has 0 unspecified atom stereocenters. The summed E-state index contributed by atoms with van der Waals surface area (Å²) in [6, 6.07) is 7.32. The molecule has 3 aromatic rings. The molecule has 0 aliphatic rings. The maximum Gasteiger partial charge on any atom is 0.338 e. The molecule has 0 fully saturated rings. The van der Waals surface area contributed by atoms with Gasteiger partial charge in [0.2, 0.25) is 0 Å². The van der Waals surface area contributed by atoms with Crippen LogP contribution < -0.4 is 5.32 Å². The van der Waals surface area contributed by atoms with Gasteiger partial charge in [0.05, 0.1) is 23.8 Å². The Labute approximate surface area is 108 Å². The van der Waals surface area contributed by atoms with Crippen molar-refractivity contribution in [2.24, 2.45) is 0 Å². The Morgan fingerprint density at radius 3 is 3.11 bits per heavy atom. The van der Waals surface area contributed by atoms with Crippen molar-refractivity contribution in [2.75, 3.05) is 5.32 Å². The van der Waals surface area contributed by atoms with E-state index in [1.165, 1.54) is 12.3 Å². The highest BCUT2D eigenvalue weighted by atomic mass is 16.4. The molecule has 0 saturated heterocycles. The first kappa shape index (κ1) is 11.3. The fraction of sp³-hybridized carbons (Fsp3) is 0.0769. The molecule has 0 saturated carbocycles. The zero-order chi connectivity index (χ0) is 13.2. The second-order valence-electron chi connectivity index (χ2n) is 4.13. The van der Waals surface area contributed by atoms with Crippen molar-refractivity contribution in [1.29, 1.82) is 0 Å². The molecule has 3 N–H and O–H groups in total. The third-order valence-electron chi connectivity index (χ3n) is 2.81. The van der Waals surface area contributed by atoms with Gasteiger partial charge in [0.25, 0.3) is 0 Å². The SMILES string of the molecule is O=C(O)c1coc(CNc2ccc3cn[nH]c3c2)c1. The Balaban J connectivity index is 1.72. The highest BCUT2D eigenvalue weighted by Gasteiger charge is 2.08. The lowest BCUT2D eigenvalue weighted by atomic mass is 10.2. The Hall–Kier alpha value is -2.76. The smallest absolute Gasteiger partial charge is 0.338 e. The fourth-order valence-electron chi connectivity index (χ4n) is 1.82. The number of hydrogen-bond acceptors (Lipinski definition) is 4. The molecule has 19 heavy (non-hydrogen) atoms. The molecule has 3 rings (SSSR count). The van der Waals surface area contributed by atoms with Gasteiger partial charge in [0.1, 0.15) is 12.0 Å². The van der Waals surface area contributed by atoms with Gasteiger partial charge in [-0.1, -0.05) is 0 Å². The number of fused-ring (bicyclic) bond motifs is 1. The van der Waals surface area contributed by atoms with Crippen molar-refractivity contribution in [2.45, 2.75) is 6.54 Å². The average Bonchev–Trinajstić information content (AvgIpc) is 3.04. The van der Waals surface area contributed by atoms with Crippen LogP contribution in [0.1, 0.15) is 16.1 Å². The van der Waals surface area contributed by atoms with Gasteiger partial charge in [-0.15, -0.1) is 0 Å². The van der Waals surface area contributed by atoms with E-state index >= 15 is 0 Å². The standard InChI is InChI=1S/C13H11N3O3/c17-13(18)9-3-11(19-7-9)6-14-10-2-1-8-5-15-16-12(8)4-10/h1-5,7,14H,6H2,(H,15,16)(H,17,18). The number of aromatic amines is 1. The highest BCUT2D eigenvalue weighted by molar-refractivity contribution is 5.87. The van der Waals surface area contributed by atoms with Crippen LogP contribution in [-0.4, -0.2) is 21.3 Å². The van der Waals surface area contributed by atoms with Gasteiger partial charge in [-0.25, -0.2) is 4.79 Å². The molecular formula is C13H11N3O3. The summed E-state index contributed by atoms with van der Waals surface area (Å²) in [5, 5.41) is 19.8. The summed E-state index contributed by atoms with van der Waals surface area (Å²) in [5.74, 6) is -0.420.